The Hall–Kier alpha value is -2.86. The molecule has 3 aromatic rings. The molecule has 0 aliphatic carbocycles. The van der Waals surface area contributed by atoms with Gasteiger partial charge in [-0.3, -0.25) is 4.79 Å². The first-order chi connectivity index (χ1) is 13.3. The fourth-order valence-corrected chi connectivity index (χ4v) is 3.20. The minimum absolute atomic E-state index is 0.342. The number of halogens is 1. The number of carbonyl (C=O) groups excluding carboxylic acids is 2. The van der Waals surface area contributed by atoms with Gasteiger partial charge in [-0.05, 0) is 80.9 Å². The van der Waals surface area contributed by atoms with Gasteiger partial charge in [0.1, 0.15) is 0 Å². The molecule has 0 bridgehead atoms. The predicted molar refractivity (Wildman–Crippen MR) is 113 cm³/mol. The highest BCUT2D eigenvalue weighted by atomic mass is 79.9. The van der Waals surface area contributed by atoms with Crippen molar-refractivity contribution >= 4 is 33.5 Å². The molecule has 0 aliphatic heterocycles. The lowest BCUT2D eigenvalue weighted by Crippen LogP contribution is -2.21. The quantitative estimate of drug-likeness (QED) is 0.570. The molecular formula is C22H21BrN2O3. The monoisotopic (exact) mass is 440 g/mol. The summed E-state index contributed by atoms with van der Waals surface area (Å²) in [6.07, 6.45) is 0. The lowest BCUT2D eigenvalue weighted by molar-refractivity contribution is -0.119. The van der Waals surface area contributed by atoms with E-state index in [0.29, 0.717) is 11.3 Å². The third-order valence-corrected chi connectivity index (χ3v) is 5.30. The summed E-state index contributed by atoms with van der Waals surface area (Å²) in [6.45, 7) is 5.65. The third-order valence-electron chi connectivity index (χ3n) is 4.41. The van der Waals surface area contributed by atoms with Crippen LogP contribution in [0.2, 0.25) is 0 Å². The van der Waals surface area contributed by atoms with Crippen LogP contribution in [0.3, 0.4) is 0 Å². The maximum atomic E-state index is 12.2. The Morgan fingerprint density at radius 1 is 0.964 bits per heavy atom. The van der Waals surface area contributed by atoms with Gasteiger partial charge in [-0.2, -0.15) is 0 Å². The number of hydrogen-bond acceptors (Lipinski definition) is 3. The molecule has 5 nitrogen and oxygen atoms in total. The van der Waals surface area contributed by atoms with Crippen LogP contribution in [0.1, 0.15) is 27.3 Å². The topological polar surface area (TPSA) is 60.3 Å². The number of anilines is 1. The lowest BCUT2D eigenvalue weighted by atomic mass is 10.2. The molecule has 0 atom stereocenters. The Kier molecular flexibility index (Phi) is 5.99. The van der Waals surface area contributed by atoms with Crippen molar-refractivity contribution in [1.82, 2.24) is 4.57 Å². The molecule has 0 radical (unpaired) electrons. The van der Waals surface area contributed by atoms with E-state index in [4.69, 9.17) is 4.74 Å². The van der Waals surface area contributed by atoms with Gasteiger partial charge in [0.05, 0.1) is 5.56 Å². The zero-order valence-corrected chi connectivity index (χ0v) is 17.5. The van der Waals surface area contributed by atoms with E-state index >= 15 is 0 Å². The van der Waals surface area contributed by atoms with Gasteiger partial charge in [0.25, 0.3) is 5.91 Å². The van der Waals surface area contributed by atoms with Crippen molar-refractivity contribution in [3.63, 3.8) is 0 Å². The second-order valence-electron chi connectivity index (χ2n) is 6.59. The average molecular weight is 441 g/mol. The molecule has 0 aliphatic rings. The van der Waals surface area contributed by atoms with Gasteiger partial charge in [0.2, 0.25) is 0 Å². The van der Waals surface area contributed by atoms with Crippen molar-refractivity contribution in [2.45, 2.75) is 20.8 Å². The fourth-order valence-electron chi connectivity index (χ4n) is 2.96. The average Bonchev–Trinajstić information content (AvgIpc) is 3.01. The molecule has 0 fully saturated rings. The van der Waals surface area contributed by atoms with Gasteiger partial charge >= 0.3 is 5.97 Å². The number of nitrogens with one attached hydrogen (secondary N) is 1. The molecule has 3 rings (SSSR count). The molecule has 28 heavy (non-hydrogen) atoms. The summed E-state index contributed by atoms with van der Waals surface area (Å²) in [4.78, 5) is 24.2. The summed E-state index contributed by atoms with van der Waals surface area (Å²) in [5.41, 5.74) is 5.27. The van der Waals surface area contributed by atoms with Crippen molar-refractivity contribution in [2.75, 3.05) is 11.9 Å². The second-order valence-corrected chi connectivity index (χ2v) is 7.44. The summed E-state index contributed by atoms with van der Waals surface area (Å²) in [6, 6.07) is 16.7. The van der Waals surface area contributed by atoms with Gasteiger partial charge < -0.3 is 14.6 Å². The third kappa shape index (κ3) is 4.51. The highest BCUT2D eigenvalue weighted by Crippen LogP contribution is 2.20. The number of aryl methyl sites for hydroxylation is 3. The molecule has 144 valence electrons. The van der Waals surface area contributed by atoms with E-state index in [-0.39, 0.29) is 12.5 Å². The van der Waals surface area contributed by atoms with Crippen LogP contribution < -0.4 is 5.32 Å². The van der Waals surface area contributed by atoms with Crippen LogP contribution in [0.5, 0.6) is 0 Å². The Morgan fingerprint density at radius 3 is 2.21 bits per heavy atom. The van der Waals surface area contributed by atoms with E-state index < -0.39 is 5.97 Å². The molecule has 1 amide bonds. The number of nitrogens with zero attached hydrogens (tertiary/aromatic N) is 1. The van der Waals surface area contributed by atoms with Crippen LogP contribution >= 0.6 is 15.9 Å². The minimum atomic E-state index is -0.533. The number of carbonyl (C=O) groups is 2. The normalized spacial score (nSPS) is 10.6. The molecule has 0 spiro atoms. The van der Waals surface area contributed by atoms with Gasteiger partial charge in [0.15, 0.2) is 6.61 Å². The first-order valence-corrected chi connectivity index (χ1v) is 9.63. The van der Waals surface area contributed by atoms with E-state index in [1.54, 1.807) is 18.2 Å². The van der Waals surface area contributed by atoms with Crippen molar-refractivity contribution in [2.24, 2.45) is 0 Å². The molecule has 1 N–H and O–H groups in total. The maximum absolute atomic E-state index is 12.2. The first-order valence-electron chi connectivity index (χ1n) is 8.83. The molecule has 6 heteroatoms. The summed E-state index contributed by atoms with van der Waals surface area (Å²) in [5, 5.41) is 2.72. The summed E-state index contributed by atoms with van der Waals surface area (Å²) in [5.74, 6) is -0.917. The number of hydrogen-bond donors (Lipinski definition) is 1. The smallest absolute Gasteiger partial charge is 0.338 e. The van der Waals surface area contributed by atoms with Crippen LogP contribution in [0.15, 0.2) is 59.1 Å². The van der Waals surface area contributed by atoms with Crippen LogP contribution in [-0.4, -0.2) is 23.1 Å². The molecule has 0 saturated carbocycles. The summed E-state index contributed by atoms with van der Waals surface area (Å²) < 4.78 is 8.19. The maximum Gasteiger partial charge on any atom is 0.338 e. The van der Waals surface area contributed by atoms with E-state index in [9.17, 15) is 9.59 Å². The number of benzene rings is 2. The number of esters is 1. The van der Waals surface area contributed by atoms with Crippen LogP contribution in [-0.2, 0) is 9.53 Å². The molecule has 0 unspecified atom stereocenters. The van der Waals surface area contributed by atoms with Crippen molar-refractivity contribution in [3.05, 3.63) is 81.6 Å². The SMILES string of the molecule is Cc1cc(NC(=O)COC(=O)c2ccc(-n3c(C)ccc3C)cc2)ccc1Br. The zero-order chi connectivity index (χ0) is 20.3. The van der Waals surface area contributed by atoms with Crippen LogP contribution in [0.25, 0.3) is 5.69 Å². The minimum Gasteiger partial charge on any atom is -0.452 e. The van der Waals surface area contributed by atoms with Crippen molar-refractivity contribution < 1.29 is 14.3 Å². The lowest BCUT2D eigenvalue weighted by Gasteiger charge is -2.10. The number of amides is 1. The fraction of sp³-hybridized carbons (Fsp3) is 0.182. The van der Waals surface area contributed by atoms with Gasteiger partial charge in [0, 0.05) is 27.2 Å². The molecule has 2 aromatic carbocycles. The van der Waals surface area contributed by atoms with Gasteiger partial charge in [-0.1, -0.05) is 15.9 Å². The number of ether oxygens (including phenoxy) is 1. The Morgan fingerprint density at radius 2 is 1.61 bits per heavy atom. The van der Waals surface area contributed by atoms with E-state index in [0.717, 1.165) is 27.1 Å². The second kappa shape index (κ2) is 8.44. The zero-order valence-electron chi connectivity index (χ0n) is 16.0. The number of aromatic nitrogens is 1. The standard InChI is InChI=1S/C22H21BrN2O3/c1-14-12-18(8-11-20(14)23)24-21(26)13-28-22(27)17-6-9-19(10-7-17)25-15(2)4-5-16(25)3/h4-12H,13H2,1-3H3,(H,24,26). The van der Waals surface area contributed by atoms with Crippen molar-refractivity contribution in [1.29, 1.82) is 0 Å². The van der Waals surface area contributed by atoms with Crippen LogP contribution in [0.4, 0.5) is 5.69 Å². The van der Waals surface area contributed by atoms with E-state index in [2.05, 4.69) is 25.8 Å². The van der Waals surface area contributed by atoms with Gasteiger partial charge in [-0.15, -0.1) is 0 Å². The van der Waals surface area contributed by atoms with Gasteiger partial charge in [-0.25, -0.2) is 4.79 Å². The summed E-state index contributed by atoms with van der Waals surface area (Å²) in [7, 11) is 0. The predicted octanol–water partition coefficient (Wildman–Crippen LogP) is 4.96. The van der Waals surface area contributed by atoms with E-state index in [1.165, 1.54) is 0 Å². The summed E-state index contributed by atoms with van der Waals surface area (Å²) >= 11 is 3.41. The molecule has 1 heterocycles. The van der Waals surface area contributed by atoms with E-state index in [1.807, 2.05) is 57.2 Å². The highest BCUT2D eigenvalue weighted by Gasteiger charge is 2.12. The Bertz CT molecular complexity index is 1000. The van der Waals surface area contributed by atoms with Crippen molar-refractivity contribution in [3.8, 4) is 5.69 Å². The Balaban J connectivity index is 1.58. The highest BCUT2D eigenvalue weighted by molar-refractivity contribution is 9.10. The first kappa shape index (κ1) is 19.9. The molecule has 0 saturated heterocycles. The Labute approximate surface area is 172 Å². The number of rotatable bonds is 5. The largest absolute Gasteiger partial charge is 0.452 e. The van der Waals surface area contributed by atoms with Crippen LogP contribution in [0, 0.1) is 20.8 Å². The molecule has 1 aromatic heterocycles. The molecular weight excluding hydrogens is 420 g/mol.